The molecule has 40 heavy (non-hydrogen) atoms. The van der Waals surface area contributed by atoms with E-state index in [1.807, 2.05) is 39.0 Å². The van der Waals surface area contributed by atoms with E-state index in [4.69, 9.17) is 4.74 Å². The summed E-state index contributed by atoms with van der Waals surface area (Å²) in [6.07, 6.45) is 1.74. The van der Waals surface area contributed by atoms with Gasteiger partial charge in [0.05, 0.1) is 17.7 Å². The summed E-state index contributed by atoms with van der Waals surface area (Å²) >= 11 is 0. The Morgan fingerprint density at radius 3 is 2.30 bits per heavy atom. The third-order valence-corrected chi connectivity index (χ3v) is 8.45. The molecule has 0 aromatic heterocycles. The molecule has 0 aliphatic heterocycles. The van der Waals surface area contributed by atoms with Crippen molar-refractivity contribution in [3.63, 3.8) is 0 Å². The van der Waals surface area contributed by atoms with E-state index in [-0.39, 0.29) is 17.3 Å². The zero-order valence-corrected chi connectivity index (χ0v) is 24.7. The molecule has 3 rings (SSSR count). The predicted octanol–water partition coefficient (Wildman–Crippen LogP) is 4.84. The number of methoxy groups -OCH3 is 1. The summed E-state index contributed by atoms with van der Waals surface area (Å²) in [6, 6.07) is 19.9. The lowest BCUT2D eigenvalue weighted by Crippen LogP contribution is -2.51. The number of nitrogens with zero attached hydrogens (tertiary/aromatic N) is 2. The monoisotopic (exact) mass is 565 g/mol. The van der Waals surface area contributed by atoms with Gasteiger partial charge in [0.15, 0.2) is 0 Å². The van der Waals surface area contributed by atoms with Gasteiger partial charge in [-0.15, -0.1) is 0 Å². The van der Waals surface area contributed by atoms with Gasteiger partial charge in [0.25, 0.3) is 10.0 Å². The van der Waals surface area contributed by atoms with Crippen LogP contribution in [0.5, 0.6) is 5.75 Å². The highest BCUT2D eigenvalue weighted by molar-refractivity contribution is 7.92. The second-order valence-electron chi connectivity index (χ2n) is 9.86. The van der Waals surface area contributed by atoms with Crippen molar-refractivity contribution in [1.29, 1.82) is 0 Å². The van der Waals surface area contributed by atoms with E-state index < -0.39 is 28.5 Å². The number of benzene rings is 3. The molecule has 1 N–H and O–H groups in total. The largest absolute Gasteiger partial charge is 0.497 e. The second kappa shape index (κ2) is 14.0. The Labute approximate surface area is 238 Å². The molecule has 8 nitrogen and oxygen atoms in total. The number of aryl methyl sites for hydroxylation is 2. The minimum Gasteiger partial charge on any atom is -0.497 e. The van der Waals surface area contributed by atoms with Gasteiger partial charge in [-0.05, 0) is 74.7 Å². The summed E-state index contributed by atoms with van der Waals surface area (Å²) in [5, 5.41) is 2.89. The zero-order chi connectivity index (χ0) is 29.3. The number of carbonyl (C=O) groups is 2. The van der Waals surface area contributed by atoms with Crippen LogP contribution in [0.2, 0.25) is 0 Å². The van der Waals surface area contributed by atoms with Crippen molar-refractivity contribution in [2.75, 3.05) is 24.5 Å². The fourth-order valence-electron chi connectivity index (χ4n) is 4.24. The molecular formula is C31H39N3O5S. The van der Waals surface area contributed by atoms with E-state index in [1.165, 1.54) is 17.0 Å². The molecule has 0 fully saturated rings. The summed E-state index contributed by atoms with van der Waals surface area (Å²) in [5.41, 5.74) is 2.90. The average molecular weight is 566 g/mol. The highest BCUT2D eigenvalue weighted by Crippen LogP contribution is 2.26. The lowest BCUT2D eigenvalue weighted by atomic mass is 10.1. The lowest BCUT2D eigenvalue weighted by molar-refractivity contribution is -0.139. The van der Waals surface area contributed by atoms with Crippen LogP contribution in [0.4, 0.5) is 5.69 Å². The average Bonchev–Trinajstić information content (AvgIpc) is 2.94. The van der Waals surface area contributed by atoms with Gasteiger partial charge < -0.3 is 15.0 Å². The minimum atomic E-state index is -4.10. The fraction of sp³-hybridized carbons (Fsp3) is 0.355. The molecule has 3 aromatic carbocycles. The van der Waals surface area contributed by atoms with Crippen LogP contribution < -0.4 is 14.4 Å². The van der Waals surface area contributed by atoms with Crippen LogP contribution in [-0.2, 0) is 26.2 Å². The van der Waals surface area contributed by atoms with Crippen molar-refractivity contribution in [2.24, 2.45) is 0 Å². The van der Waals surface area contributed by atoms with Crippen molar-refractivity contribution in [2.45, 2.75) is 58.0 Å². The number of carbonyl (C=O) groups excluding carboxylic acids is 2. The van der Waals surface area contributed by atoms with Gasteiger partial charge >= 0.3 is 0 Å². The van der Waals surface area contributed by atoms with Crippen molar-refractivity contribution < 1.29 is 22.7 Å². The highest BCUT2D eigenvalue weighted by Gasteiger charge is 2.32. The number of hydrogen-bond acceptors (Lipinski definition) is 5. The Hall–Kier alpha value is -3.85. The standard InChI is InChI=1S/C31H39N3O5S/c1-6-7-18-32-31(36)25(4)33(21-26-11-9-13-28(20-26)39-5)30(35)22-34(27-12-8-10-24(3)19-27)40(37,38)29-16-14-23(2)15-17-29/h8-17,19-20,25H,6-7,18,21-22H2,1-5H3,(H,32,36). The summed E-state index contributed by atoms with van der Waals surface area (Å²) in [6.45, 7) is 7.55. The maximum atomic E-state index is 14.0. The first-order chi connectivity index (χ1) is 19.1. The van der Waals surface area contributed by atoms with E-state index in [1.54, 1.807) is 56.5 Å². The van der Waals surface area contributed by atoms with E-state index in [9.17, 15) is 18.0 Å². The highest BCUT2D eigenvalue weighted by atomic mass is 32.2. The molecule has 0 radical (unpaired) electrons. The summed E-state index contributed by atoms with van der Waals surface area (Å²) in [7, 11) is -2.54. The normalized spacial score (nSPS) is 11.9. The summed E-state index contributed by atoms with van der Waals surface area (Å²) < 4.78 is 34.2. The minimum absolute atomic E-state index is 0.0807. The SMILES string of the molecule is CCCCNC(=O)C(C)N(Cc1cccc(OC)c1)C(=O)CN(c1cccc(C)c1)S(=O)(=O)c1ccc(C)cc1. The molecule has 1 unspecified atom stereocenters. The topological polar surface area (TPSA) is 96.0 Å². The van der Waals surface area contributed by atoms with E-state index in [0.29, 0.717) is 18.0 Å². The lowest BCUT2D eigenvalue weighted by Gasteiger charge is -2.32. The number of ether oxygens (including phenoxy) is 1. The second-order valence-corrected chi connectivity index (χ2v) is 11.7. The Morgan fingerprint density at radius 1 is 0.950 bits per heavy atom. The number of sulfonamides is 1. The van der Waals surface area contributed by atoms with Crippen LogP contribution in [0.15, 0.2) is 77.7 Å². The smallest absolute Gasteiger partial charge is 0.264 e. The molecule has 9 heteroatoms. The summed E-state index contributed by atoms with van der Waals surface area (Å²) in [5.74, 6) is -0.181. The maximum absolute atomic E-state index is 14.0. The Kier molecular flexibility index (Phi) is 10.7. The molecule has 0 aliphatic rings. The van der Waals surface area contributed by atoms with Gasteiger partial charge in [-0.3, -0.25) is 13.9 Å². The van der Waals surface area contributed by atoms with Crippen molar-refractivity contribution in [3.05, 3.63) is 89.5 Å². The maximum Gasteiger partial charge on any atom is 0.264 e. The molecule has 1 atom stereocenters. The third-order valence-electron chi connectivity index (χ3n) is 6.66. The molecule has 2 amide bonds. The van der Waals surface area contributed by atoms with Gasteiger partial charge in [0.2, 0.25) is 11.8 Å². The van der Waals surface area contributed by atoms with Gasteiger partial charge in [-0.25, -0.2) is 8.42 Å². The first-order valence-corrected chi connectivity index (χ1v) is 14.9. The molecule has 0 aliphatic carbocycles. The van der Waals surface area contributed by atoms with Crippen LogP contribution >= 0.6 is 0 Å². The number of rotatable bonds is 13. The number of nitrogens with one attached hydrogen (secondary N) is 1. The Bertz CT molecular complexity index is 1410. The van der Waals surface area contributed by atoms with Crippen LogP contribution in [0.25, 0.3) is 0 Å². The first-order valence-electron chi connectivity index (χ1n) is 13.4. The molecule has 0 spiro atoms. The van der Waals surface area contributed by atoms with E-state index in [0.717, 1.165) is 33.8 Å². The van der Waals surface area contributed by atoms with Crippen molar-refractivity contribution >= 4 is 27.5 Å². The fourth-order valence-corrected chi connectivity index (χ4v) is 5.64. The van der Waals surface area contributed by atoms with E-state index >= 15 is 0 Å². The Balaban J connectivity index is 2.01. The molecule has 0 bridgehead atoms. The molecule has 0 saturated carbocycles. The van der Waals surface area contributed by atoms with Gasteiger partial charge in [0.1, 0.15) is 18.3 Å². The number of unbranched alkanes of at least 4 members (excludes halogenated alkanes) is 1. The molecule has 214 valence electrons. The summed E-state index contributed by atoms with van der Waals surface area (Å²) in [4.78, 5) is 28.6. The van der Waals surface area contributed by atoms with Crippen molar-refractivity contribution in [1.82, 2.24) is 10.2 Å². The number of hydrogen-bond donors (Lipinski definition) is 1. The van der Waals surface area contributed by atoms with Crippen LogP contribution in [0.1, 0.15) is 43.4 Å². The van der Waals surface area contributed by atoms with Gasteiger partial charge in [-0.2, -0.15) is 0 Å². The van der Waals surface area contributed by atoms with Crippen LogP contribution in [-0.4, -0.2) is 51.4 Å². The zero-order valence-electron chi connectivity index (χ0n) is 23.9. The molecule has 3 aromatic rings. The molecule has 0 saturated heterocycles. The quantitative estimate of drug-likeness (QED) is 0.299. The predicted molar refractivity (Wildman–Crippen MR) is 158 cm³/mol. The van der Waals surface area contributed by atoms with Gasteiger partial charge in [0, 0.05) is 13.1 Å². The molecular weight excluding hydrogens is 526 g/mol. The third kappa shape index (κ3) is 7.85. The number of amides is 2. The Morgan fingerprint density at radius 2 is 1.65 bits per heavy atom. The van der Waals surface area contributed by atoms with Crippen LogP contribution in [0.3, 0.4) is 0 Å². The van der Waals surface area contributed by atoms with E-state index in [2.05, 4.69) is 5.32 Å². The van der Waals surface area contributed by atoms with Crippen LogP contribution in [0, 0.1) is 13.8 Å². The van der Waals surface area contributed by atoms with Gasteiger partial charge in [-0.1, -0.05) is 55.3 Å². The first kappa shape index (κ1) is 30.7. The molecule has 0 heterocycles. The number of anilines is 1. The van der Waals surface area contributed by atoms with Crippen molar-refractivity contribution in [3.8, 4) is 5.75 Å².